The van der Waals surface area contributed by atoms with E-state index in [4.69, 9.17) is 0 Å². The van der Waals surface area contributed by atoms with Crippen LogP contribution in [0.4, 0.5) is 0 Å². The predicted molar refractivity (Wildman–Crippen MR) is 81.5 cm³/mol. The monoisotopic (exact) mass is 318 g/mol. The molecule has 0 unspecified atom stereocenters. The van der Waals surface area contributed by atoms with Crippen molar-refractivity contribution in [3.8, 4) is 0 Å². The minimum Gasteiger partial charge on any atom is -0.481 e. The lowest BCUT2D eigenvalue weighted by molar-refractivity contribution is -0.149. The molecule has 1 aliphatic carbocycles. The molecule has 1 aromatic rings. The molecular formula is C16H22N4O3. The summed E-state index contributed by atoms with van der Waals surface area (Å²) in [6.45, 7) is 4.75. The summed E-state index contributed by atoms with van der Waals surface area (Å²) < 4.78 is 0. The highest BCUT2D eigenvalue weighted by Crippen LogP contribution is 2.45. The fourth-order valence-electron chi connectivity index (χ4n) is 4.14. The maximum atomic E-state index is 12.3. The van der Waals surface area contributed by atoms with E-state index in [1.807, 2.05) is 6.92 Å². The van der Waals surface area contributed by atoms with Gasteiger partial charge in [0.15, 0.2) is 0 Å². The molecule has 4 rings (SSSR count). The number of carbonyl (C=O) groups excluding carboxylic acids is 1. The second kappa shape index (κ2) is 5.06. The van der Waals surface area contributed by atoms with Gasteiger partial charge in [0, 0.05) is 56.5 Å². The molecule has 0 bridgehead atoms. The minimum atomic E-state index is -0.806. The summed E-state index contributed by atoms with van der Waals surface area (Å²) in [7, 11) is 0. The molecule has 1 aromatic heterocycles. The van der Waals surface area contributed by atoms with Crippen LogP contribution in [0.5, 0.6) is 0 Å². The van der Waals surface area contributed by atoms with Gasteiger partial charge in [-0.05, 0) is 19.8 Å². The van der Waals surface area contributed by atoms with Crippen LogP contribution >= 0.6 is 0 Å². The first-order valence-electron chi connectivity index (χ1n) is 8.23. The number of aromatic nitrogens is 2. The van der Waals surface area contributed by atoms with Crippen molar-refractivity contribution in [1.82, 2.24) is 19.8 Å². The number of amides is 1. The lowest BCUT2D eigenvalue weighted by atomic mass is 9.81. The summed E-state index contributed by atoms with van der Waals surface area (Å²) >= 11 is 0. The number of carbonyl (C=O) groups is 2. The quantitative estimate of drug-likeness (QED) is 0.842. The average molecular weight is 318 g/mol. The van der Waals surface area contributed by atoms with Gasteiger partial charge in [-0.25, -0.2) is 4.98 Å². The number of hydrogen-bond acceptors (Lipinski definition) is 4. The molecule has 2 atom stereocenters. The van der Waals surface area contributed by atoms with Crippen molar-refractivity contribution in [2.24, 2.45) is 17.3 Å². The number of likely N-dealkylation sites (tertiary alicyclic amines) is 2. The summed E-state index contributed by atoms with van der Waals surface area (Å²) in [4.78, 5) is 35.6. The van der Waals surface area contributed by atoms with Gasteiger partial charge >= 0.3 is 5.97 Å². The zero-order chi connectivity index (χ0) is 16.2. The van der Waals surface area contributed by atoms with Crippen molar-refractivity contribution in [2.45, 2.75) is 26.3 Å². The number of H-pyrrole nitrogens is 1. The molecule has 124 valence electrons. The van der Waals surface area contributed by atoms with Gasteiger partial charge in [0.2, 0.25) is 5.91 Å². The number of carboxylic acids is 1. The average Bonchev–Trinajstić information content (AvgIpc) is 3.04. The Morgan fingerprint density at radius 3 is 2.74 bits per heavy atom. The number of fused-ring (bicyclic) bond motifs is 1. The Kier molecular flexibility index (Phi) is 3.23. The normalized spacial score (nSPS) is 30.7. The van der Waals surface area contributed by atoms with Crippen LogP contribution in [0.25, 0.3) is 0 Å². The maximum absolute atomic E-state index is 12.3. The van der Waals surface area contributed by atoms with Crippen LogP contribution in [-0.4, -0.2) is 62.9 Å². The predicted octanol–water partition coefficient (Wildman–Crippen LogP) is 0.473. The van der Waals surface area contributed by atoms with Crippen LogP contribution in [-0.2, 0) is 16.1 Å². The molecule has 2 aliphatic heterocycles. The Morgan fingerprint density at radius 1 is 1.39 bits per heavy atom. The van der Waals surface area contributed by atoms with Gasteiger partial charge in [0.25, 0.3) is 0 Å². The van der Waals surface area contributed by atoms with E-state index < -0.39 is 11.4 Å². The lowest BCUT2D eigenvalue weighted by Crippen LogP contribution is -2.42. The first-order chi connectivity index (χ1) is 11.0. The van der Waals surface area contributed by atoms with Crippen molar-refractivity contribution >= 4 is 11.9 Å². The van der Waals surface area contributed by atoms with E-state index >= 15 is 0 Å². The third-order valence-corrected chi connectivity index (χ3v) is 5.49. The topological polar surface area (TPSA) is 89.5 Å². The molecular weight excluding hydrogens is 296 g/mol. The van der Waals surface area contributed by atoms with E-state index in [2.05, 4.69) is 14.9 Å². The molecule has 3 heterocycles. The number of rotatable bonds is 4. The van der Waals surface area contributed by atoms with Crippen LogP contribution in [0, 0.1) is 24.2 Å². The molecule has 2 N–H and O–H groups in total. The zero-order valence-electron chi connectivity index (χ0n) is 13.3. The molecule has 0 radical (unpaired) electrons. The number of nitrogens with zero attached hydrogens (tertiary/aromatic N) is 3. The Bertz CT molecular complexity index is 654. The Labute approximate surface area is 134 Å². The van der Waals surface area contributed by atoms with Gasteiger partial charge < -0.3 is 15.0 Å². The molecule has 1 saturated carbocycles. The Morgan fingerprint density at radius 2 is 2.17 bits per heavy atom. The summed E-state index contributed by atoms with van der Waals surface area (Å²) in [5.41, 5.74) is 0.202. The Hall–Kier alpha value is -1.89. The summed E-state index contributed by atoms with van der Waals surface area (Å²) in [6.07, 6.45) is 3.73. The SMILES string of the molecule is Cc1ncc(CN2C[C@@H]3CN(C(=O)C4CC4)C[C@]3(C(=O)O)C2)[nH]1. The van der Waals surface area contributed by atoms with Crippen LogP contribution in [0.2, 0.25) is 0 Å². The van der Waals surface area contributed by atoms with E-state index in [-0.39, 0.29) is 17.7 Å². The molecule has 7 heteroatoms. The van der Waals surface area contributed by atoms with Crippen molar-refractivity contribution in [3.05, 3.63) is 17.7 Å². The van der Waals surface area contributed by atoms with E-state index in [0.29, 0.717) is 26.2 Å². The third kappa shape index (κ3) is 2.43. The fourth-order valence-corrected chi connectivity index (χ4v) is 4.14. The number of nitrogens with one attached hydrogen (secondary N) is 1. The van der Waals surface area contributed by atoms with E-state index in [9.17, 15) is 14.7 Å². The van der Waals surface area contributed by atoms with Crippen molar-refractivity contribution < 1.29 is 14.7 Å². The number of carboxylic acid groups (broad SMARTS) is 1. The van der Waals surface area contributed by atoms with Crippen LogP contribution in [0.1, 0.15) is 24.4 Å². The molecule has 23 heavy (non-hydrogen) atoms. The van der Waals surface area contributed by atoms with E-state index in [1.54, 1.807) is 11.1 Å². The number of hydrogen-bond donors (Lipinski definition) is 2. The molecule has 0 spiro atoms. The first kappa shape index (κ1) is 14.7. The highest BCUT2D eigenvalue weighted by Gasteiger charge is 2.59. The second-order valence-electron chi connectivity index (χ2n) is 7.31. The van der Waals surface area contributed by atoms with Gasteiger partial charge in [-0.1, -0.05) is 0 Å². The van der Waals surface area contributed by atoms with Gasteiger partial charge in [0.05, 0.1) is 0 Å². The molecule has 1 amide bonds. The second-order valence-corrected chi connectivity index (χ2v) is 7.31. The molecule has 3 fully saturated rings. The summed E-state index contributed by atoms with van der Waals surface area (Å²) in [6, 6.07) is 0. The van der Waals surface area contributed by atoms with Gasteiger partial charge in [-0.15, -0.1) is 0 Å². The van der Waals surface area contributed by atoms with E-state index in [1.165, 1.54) is 0 Å². The Balaban J connectivity index is 1.48. The van der Waals surface area contributed by atoms with Crippen molar-refractivity contribution in [1.29, 1.82) is 0 Å². The van der Waals surface area contributed by atoms with Gasteiger partial charge in [0.1, 0.15) is 11.2 Å². The summed E-state index contributed by atoms with van der Waals surface area (Å²) in [5.74, 6) is 0.441. The molecule has 3 aliphatic rings. The zero-order valence-corrected chi connectivity index (χ0v) is 13.3. The fraction of sp³-hybridized carbons (Fsp3) is 0.688. The summed E-state index contributed by atoms with van der Waals surface area (Å²) in [5, 5.41) is 9.83. The maximum Gasteiger partial charge on any atom is 0.313 e. The molecule has 0 aromatic carbocycles. The highest BCUT2D eigenvalue weighted by atomic mass is 16.4. The number of imidazole rings is 1. The van der Waals surface area contributed by atoms with Crippen molar-refractivity contribution in [3.63, 3.8) is 0 Å². The van der Waals surface area contributed by atoms with Crippen LogP contribution in [0.15, 0.2) is 6.20 Å². The number of aryl methyl sites for hydroxylation is 1. The van der Waals surface area contributed by atoms with Gasteiger partial charge in [-0.2, -0.15) is 0 Å². The standard InChI is InChI=1S/C16H22N4O3/c1-10-17-4-13(18-10)7-19-5-12-6-20(14(21)11-2-3-11)9-16(12,8-19)15(22)23/h4,11-12H,2-3,5-9H2,1H3,(H,17,18)(H,22,23)/t12-,16-/m1/s1. The lowest BCUT2D eigenvalue weighted by Gasteiger charge is -2.25. The van der Waals surface area contributed by atoms with Crippen LogP contribution < -0.4 is 0 Å². The van der Waals surface area contributed by atoms with E-state index in [0.717, 1.165) is 30.9 Å². The molecule has 7 nitrogen and oxygen atoms in total. The smallest absolute Gasteiger partial charge is 0.313 e. The number of aromatic amines is 1. The minimum absolute atomic E-state index is 0.0201. The first-order valence-corrected chi connectivity index (χ1v) is 8.23. The highest BCUT2D eigenvalue weighted by molar-refractivity contribution is 5.84. The molecule has 2 saturated heterocycles. The van der Waals surface area contributed by atoms with Crippen LogP contribution in [0.3, 0.4) is 0 Å². The van der Waals surface area contributed by atoms with Crippen molar-refractivity contribution in [2.75, 3.05) is 26.2 Å². The number of aliphatic carboxylic acids is 1. The largest absolute Gasteiger partial charge is 0.481 e. The van der Waals surface area contributed by atoms with Gasteiger partial charge in [-0.3, -0.25) is 14.5 Å². The third-order valence-electron chi connectivity index (χ3n) is 5.49.